The zero-order valence-electron chi connectivity index (χ0n) is 6.62. The number of aliphatic hydroxyl groups is 1. The minimum atomic E-state index is 0.397. The predicted molar refractivity (Wildman–Crippen MR) is 49.9 cm³/mol. The molecule has 2 nitrogen and oxygen atoms in total. The lowest BCUT2D eigenvalue weighted by Gasteiger charge is -2.17. The van der Waals surface area contributed by atoms with Crippen LogP contribution in [0.15, 0.2) is 34.7 Å². The van der Waals surface area contributed by atoms with Crippen LogP contribution >= 0.6 is 11.8 Å². The van der Waals surface area contributed by atoms with Crippen LogP contribution in [-0.2, 0) is 4.74 Å². The van der Waals surface area contributed by atoms with Gasteiger partial charge in [-0.3, -0.25) is 0 Å². The van der Waals surface area contributed by atoms with Gasteiger partial charge in [-0.25, -0.2) is 0 Å². The largest absolute Gasteiger partial charge is 0.512 e. The first-order valence-electron chi connectivity index (χ1n) is 3.92. The fourth-order valence-electron chi connectivity index (χ4n) is 1.17. The molecule has 0 spiro atoms. The van der Waals surface area contributed by atoms with E-state index in [4.69, 9.17) is 4.74 Å². The van der Waals surface area contributed by atoms with E-state index in [1.807, 2.05) is 12.2 Å². The highest BCUT2D eigenvalue weighted by Gasteiger charge is 2.14. The Morgan fingerprint density at radius 3 is 3.25 bits per heavy atom. The van der Waals surface area contributed by atoms with Crippen molar-refractivity contribution in [1.29, 1.82) is 0 Å². The number of allylic oxidation sites excluding steroid dienone is 3. The van der Waals surface area contributed by atoms with E-state index >= 15 is 0 Å². The van der Waals surface area contributed by atoms with E-state index < -0.39 is 0 Å². The third kappa shape index (κ3) is 1.50. The fourth-order valence-corrected chi connectivity index (χ4v) is 2.03. The number of hydrogen-bond donors (Lipinski definition) is 1. The molecule has 1 saturated heterocycles. The Morgan fingerprint density at radius 2 is 2.33 bits per heavy atom. The molecule has 12 heavy (non-hydrogen) atoms. The van der Waals surface area contributed by atoms with Crippen LogP contribution in [0.1, 0.15) is 6.42 Å². The van der Waals surface area contributed by atoms with Crippen molar-refractivity contribution in [3.63, 3.8) is 0 Å². The lowest BCUT2D eigenvalue weighted by atomic mass is 10.3. The molecule has 0 unspecified atom stereocenters. The van der Waals surface area contributed by atoms with Crippen LogP contribution in [0.25, 0.3) is 0 Å². The van der Waals surface area contributed by atoms with Gasteiger partial charge < -0.3 is 9.84 Å². The molecule has 0 bridgehead atoms. The minimum absolute atomic E-state index is 0.397. The number of rotatable bonds is 0. The van der Waals surface area contributed by atoms with E-state index in [0.29, 0.717) is 12.2 Å². The quantitative estimate of drug-likeness (QED) is 0.623. The zero-order chi connectivity index (χ0) is 8.39. The van der Waals surface area contributed by atoms with Crippen molar-refractivity contribution in [3.05, 3.63) is 34.7 Å². The van der Waals surface area contributed by atoms with Crippen LogP contribution in [-0.4, -0.2) is 17.5 Å². The molecule has 1 aliphatic carbocycles. The van der Waals surface area contributed by atoms with Crippen LogP contribution in [0.2, 0.25) is 0 Å². The molecule has 1 aliphatic heterocycles. The molecule has 0 aromatic carbocycles. The Kier molecular flexibility index (Phi) is 2.13. The van der Waals surface area contributed by atoms with Gasteiger partial charge >= 0.3 is 0 Å². The van der Waals surface area contributed by atoms with Crippen LogP contribution in [0.5, 0.6) is 0 Å². The zero-order valence-corrected chi connectivity index (χ0v) is 7.43. The van der Waals surface area contributed by atoms with Crippen LogP contribution in [0.3, 0.4) is 0 Å². The molecule has 1 fully saturated rings. The fraction of sp³-hybridized carbons (Fsp3) is 0.333. The summed E-state index contributed by atoms with van der Waals surface area (Å²) in [5.41, 5.74) is 0. The highest BCUT2D eigenvalue weighted by atomic mass is 32.2. The molecule has 1 heterocycles. The molecule has 0 saturated carbocycles. The van der Waals surface area contributed by atoms with Crippen LogP contribution < -0.4 is 0 Å². The van der Waals surface area contributed by atoms with E-state index in [1.54, 1.807) is 17.8 Å². The molecule has 0 radical (unpaired) electrons. The summed E-state index contributed by atoms with van der Waals surface area (Å²) in [7, 11) is 0. The molecule has 3 heteroatoms. The summed E-state index contributed by atoms with van der Waals surface area (Å²) in [5, 5.41) is 9.24. The topological polar surface area (TPSA) is 29.5 Å². The number of fused-ring (bicyclic) bond motifs is 1. The van der Waals surface area contributed by atoms with Crippen molar-refractivity contribution >= 4 is 11.8 Å². The second kappa shape index (κ2) is 3.27. The number of ether oxygens (including phenoxy) is 1. The highest BCUT2D eigenvalue weighted by Crippen LogP contribution is 2.31. The average molecular weight is 182 g/mol. The Morgan fingerprint density at radius 1 is 1.42 bits per heavy atom. The van der Waals surface area contributed by atoms with E-state index in [2.05, 4.69) is 0 Å². The standard InChI is InChI=1S/C9H10O2S/c10-7-1-3-8-9(4-2-7)12-6-5-11-8/h1,3-4,10H,2,5-6H2. The van der Waals surface area contributed by atoms with Gasteiger partial charge in [0.25, 0.3) is 0 Å². The van der Waals surface area contributed by atoms with Gasteiger partial charge in [-0.15, -0.1) is 11.8 Å². The number of thioether (sulfide) groups is 1. The first kappa shape index (κ1) is 7.80. The van der Waals surface area contributed by atoms with Gasteiger partial charge in [0.15, 0.2) is 0 Å². The molecule has 0 atom stereocenters. The lowest BCUT2D eigenvalue weighted by Crippen LogP contribution is -2.05. The molecule has 64 valence electrons. The van der Waals surface area contributed by atoms with E-state index in [1.165, 1.54) is 0 Å². The molecular formula is C9H10O2S. The van der Waals surface area contributed by atoms with Gasteiger partial charge in [-0.05, 0) is 12.2 Å². The Labute approximate surface area is 75.6 Å². The number of hydrogen-bond acceptors (Lipinski definition) is 3. The Balaban J connectivity index is 2.27. The van der Waals surface area contributed by atoms with Gasteiger partial charge in [-0.2, -0.15) is 0 Å². The van der Waals surface area contributed by atoms with Gasteiger partial charge in [-0.1, -0.05) is 6.08 Å². The van der Waals surface area contributed by atoms with Crippen LogP contribution in [0, 0.1) is 0 Å². The second-order valence-electron chi connectivity index (χ2n) is 2.66. The Bertz CT molecular complexity index is 276. The number of aliphatic hydroxyl groups excluding tert-OH is 1. The summed E-state index contributed by atoms with van der Waals surface area (Å²) in [4.78, 5) is 1.15. The van der Waals surface area contributed by atoms with Gasteiger partial charge in [0.1, 0.15) is 5.76 Å². The van der Waals surface area contributed by atoms with Gasteiger partial charge in [0, 0.05) is 17.1 Å². The normalized spacial score (nSPS) is 22.5. The second-order valence-corrected chi connectivity index (χ2v) is 3.80. The molecular weight excluding hydrogens is 172 g/mol. The van der Waals surface area contributed by atoms with E-state index in [9.17, 15) is 5.11 Å². The molecule has 0 aromatic rings. The van der Waals surface area contributed by atoms with Gasteiger partial charge in [0.05, 0.1) is 12.4 Å². The maximum atomic E-state index is 9.24. The molecule has 0 amide bonds. The summed E-state index contributed by atoms with van der Waals surface area (Å²) < 4.78 is 5.43. The molecule has 0 aromatic heterocycles. The first-order chi connectivity index (χ1) is 5.86. The summed E-state index contributed by atoms with van der Waals surface area (Å²) in [6.07, 6.45) is 6.16. The highest BCUT2D eigenvalue weighted by molar-refractivity contribution is 8.03. The van der Waals surface area contributed by atoms with Crippen molar-refractivity contribution in [2.45, 2.75) is 6.42 Å². The third-order valence-electron chi connectivity index (χ3n) is 1.77. The lowest BCUT2D eigenvalue weighted by molar-refractivity contribution is 0.240. The smallest absolute Gasteiger partial charge is 0.132 e. The summed E-state index contributed by atoms with van der Waals surface area (Å²) in [5.74, 6) is 2.30. The van der Waals surface area contributed by atoms with Crippen molar-refractivity contribution < 1.29 is 9.84 Å². The van der Waals surface area contributed by atoms with E-state index in [0.717, 1.165) is 23.0 Å². The first-order valence-corrected chi connectivity index (χ1v) is 4.91. The Hall–Kier alpha value is -0.830. The monoisotopic (exact) mass is 182 g/mol. The summed E-state index contributed by atoms with van der Waals surface area (Å²) in [6, 6.07) is 0. The average Bonchev–Trinajstić information content (AvgIpc) is 2.29. The van der Waals surface area contributed by atoms with E-state index in [-0.39, 0.29) is 0 Å². The molecule has 2 aliphatic rings. The third-order valence-corrected chi connectivity index (χ3v) is 2.81. The predicted octanol–water partition coefficient (Wildman–Crippen LogP) is 2.36. The van der Waals surface area contributed by atoms with Crippen molar-refractivity contribution in [3.8, 4) is 0 Å². The van der Waals surface area contributed by atoms with Crippen molar-refractivity contribution in [2.24, 2.45) is 0 Å². The summed E-state index contributed by atoms with van der Waals surface area (Å²) >= 11 is 1.79. The maximum Gasteiger partial charge on any atom is 0.132 e. The molecule has 1 N–H and O–H groups in total. The minimum Gasteiger partial charge on any atom is -0.512 e. The van der Waals surface area contributed by atoms with Crippen LogP contribution in [0.4, 0.5) is 0 Å². The molecule has 2 rings (SSSR count). The van der Waals surface area contributed by atoms with Gasteiger partial charge in [0.2, 0.25) is 0 Å². The SMILES string of the molecule is OC1=CC=C2OCCSC2=CC1. The van der Waals surface area contributed by atoms with Crippen molar-refractivity contribution in [2.75, 3.05) is 12.4 Å². The summed E-state index contributed by atoms with van der Waals surface area (Å²) in [6.45, 7) is 0.766. The maximum absolute atomic E-state index is 9.24. The van der Waals surface area contributed by atoms with Crippen molar-refractivity contribution in [1.82, 2.24) is 0 Å².